The zero-order chi connectivity index (χ0) is 15.5. The first-order chi connectivity index (χ1) is 9.93. The van der Waals surface area contributed by atoms with Crippen LogP contribution in [0.25, 0.3) is 0 Å². The Hall–Kier alpha value is -0.610. The van der Waals surface area contributed by atoms with Gasteiger partial charge < -0.3 is 9.84 Å². The Balaban J connectivity index is 1.92. The number of hydrogen-bond donors (Lipinski definition) is 1. The highest BCUT2D eigenvalue weighted by molar-refractivity contribution is 5.67. The molecule has 0 aromatic carbocycles. The summed E-state index contributed by atoms with van der Waals surface area (Å²) in [4.78, 5) is 13.5. The van der Waals surface area contributed by atoms with Gasteiger partial charge in [-0.05, 0) is 57.4 Å². The largest absolute Gasteiger partial charge is 0.481 e. The molecule has 0 radical (unpaired) electrons. The van der Waals surface area contributed by atoms with Crippen molar-refractivity contribution in [3.63, 3.8) is 0 Å². The molecule has 0 aromatic heterocycles. The van der Waals surface area contributed by atoms with Gasteiger partial charge in [0.1, 0.15) is 0 Å². The Morgan fingerprint density at radius 1 is 1.48 bits per heavy atom. The molecule has 2 fully saturated rings. The van der Waals surface area contributed by atoms with Crippen LogP contribution in [0.15, 0.2) is 0 Å². The normalized spacial score (nSPS) is 36.3. The SMILES string of the molecule is CCC1(C)CC(N2CCCC(C(C)CC(=O)O)C2)CCO1. The molecule has 2 rings (SSSR count). The third kappa shape index (κ3) is 4.43. The number of ether oxygens (including phenoxy) is 1. The third-order valence-electron chi connectivity index (χ3n) is 5.62. The minimum Gasteiger partial charge on any atom is -0.481 e. The van der Waals surface area contributed by atoms with Gasteiger partial charge in [-0.3, -0.25) is 9.69 Å². The lowest BCUT2D eigenvalue weighted by Gasteiger charge is -2.46. The fourth-order valence-electron chi connectivity index (χ4n) is 3.94. The number of nitrogens with zero attached hydrogens (tertiary/aromatic N) is 1. The summed E-state index contributed by atoms with van der Waals surface area (Å²) in [6.07, 6.45) is 5.99. The second-order valence-corrected chi connectivity index (χ2v) is 7.27. The van der Waals surface area contributed by atoms with E-state index in [4.69, 9.17) is 9.84 Å². The van der Waals surface area contributed by atoms with Crippen LogP contribution in [0.3, 0.4) is 0 Å². The highest BCUT2D eigenvalue weighted by Gasteiger charge is 2.36. The Labute approximate surface area is 128 Å². The topological polar surface area (TPSA) is 49.8 Å². The first-order valence-electron chi connectivity index (χ1n) is 8.53. The van der Waals surface area contributed by atoms with Gasteiger partial charge in [-0.1, -0.05) is 13.8 Å². The molecular weight excluding hydrogens is 266 g/mol. The van der Waals surface area contributed by atoms with E-state index in [0.717, 1.165) is 32.4 Å². The van der Waals surface area contributed by atoms with E-state index in [1.54, 1.807) is 0 Å². The third-order valence-corrected chi connectivity index (χ3v) is 5.62. The fourth-order valence-corrected chi connectivity index (χ4v) is 3.94. The van der Waals surface area contributed by atoms with Crippen LogP contribution in [0.4, 0.5) is 0 Å². The highest BCUT2D eigenvalue weighted by atomic mass is 16.5. The Kier molecular flexibility index (Phi) is 5.67. The van der Waals surface area contributed by atoms with Gasteiger partial charge in [-0.2, -0.15) is 0 Å². The van der Waals surface area contributed by atoms with Crippen LogP contribution in [0.1, 0.15) is 59.3 Å². The number of carboxylic acids is 1. The summed E-state index contributed by atoms with van der Waals surface area (Å²) in [5, 5.41) is 9.00. The van der Waals surface area contributed by atoms with Crippen molar-refractivity contribution in [1.29, 1.82) is 0 Å². The number of aliphatic carboxylic acids is 1. The van der Waals surface area contributed by atoms with Crippen LogP contribution >= 0.6 is 0 Å². The smallest absolute Gasteiger partial charge is 0.303 e. The van der Waals surface area contributed by atoms with Crippen molar-refractivity contribution < 1.29 is 14.6 Å². The Morgan fingerprint density at radius 3 is 2.90 bits per heavy atom. The first-order valence-corrected chi connectivity index (χ1v) is 8.53. The zero-order valence-electron chi connectivity index (χ0n) is 13.8. The molecule has 122 valence electrons. The predicted molar refractivity (Wildman–Crippen MR) is 83.4 cm³/mol. The second-order valence-electron chi connectivity index (χ2n) is 7.27. The molecule has 4 heteroatoms. The van der Waals surface area contributed by atoms with Crippen molar-refractivity contribution in [3.8, 4) is 0 Å². The molecule has 0 spiro atoms. The number of carboxylic acid groups (broad SMARTS) is 1. The van der Waals surface area contributed by atoms with E-state index in [1.165, 1.54) is 19.4 Å². The molecule has 4 atom stereocenters. The van der Waals surface area contributed by atoms with Crippen LogP contribution < -0.4 is 0 Å². The van der Waals surface area contributed by atoms with E-state index < -0.39 is 5.97 Å². The lowest BCUT2D eigenvalue weighted by molar-refractivity contribution is -0.138. The van der Waals surface area contributed by atoms with Gasteiger partial charge in [-0.15, -0.1) is 0 Å². The van der Waals surface area contributed by atoms with Crippen molar-refractivity contribution in [3.05, 3.63) is 0 Å². The summed E-state index contributed by atoms with van der Waals surface area (Å²) >= 11 is 0. The van der Waals surface area contributed by atoms with Crippen LogP contribution in [-0.4, -0.2) is 47.3 Å². The number of rotatable bonds is 5. The summed E-state index contributed by atoms with van der Waals surface area (Å²) < 4.78 is 5.96. The van der Waals surface area contributed by atoms with Gasteiger partial charge in [0.15, 0.2) is 0 Å². The summed E-state index contributed by atoms with van der Waals surface area (Å²) in [5.41, 5.74) is 0.0303. The molecule has 21 heavy (non-hydrogen) atoms. The van der Waals surface area contributed by atoms with Crippen molar-refractivity contribution >= 4 is 5.97 Å². The van der Waals surface area contributed by atoms with Crippen molar-refractivity contribution in [2.75, 3.05) is 19.7 Å². The number of likely N-dealkylation sites (tertiary alicyclic amines) is 1. The maximum absolute atomic E-state index is 10.9. The Bertz CT molecular complexity index is 360. The van der Waals surface area contributed by atoms with Gasteiger partial charge in [-0.25, -0.2) is 0 Å². The molecule has 2 heterocycles. The molecule has 4 nitrogen and oxygen atoms in total. The van der Waals surface area contributed by atoms with Crippen molar-refractivity contribution in [1.82, 2.24) is 4.90 Å². The van der Waals surface area contributed by atoms with Crippen LogP contribution in [-0.2, 0) is 9.53 Å². The lowest BCUT2D eigenvalue weighted by Crippen LogP contribution is -2.50. The molecule has 1 N–H and O–H groups in total. The summed E-state index contributed by atoms with van der Waals surface area (Å²) in [6.45, 7) is 9.63. The molecule has 2 saturated heterocycles. The van der Waals surface area contributed by atoms with Crippen molar-refractivity contribution in [2.45, 2.75) is 70.9 Å². The Morgan fingerprint density at radius 2 is 2.24 bits per heavy atom. The average Bonchev–Trinajstić information content (AvgIpc) is 2.47. The van der Waals surface area contributed by atoms with E-state index in [2.05, 4.69) is 25.7 Å². The zero-order valence-corrected chi connectivity index (χ0v) is 13.8. The summed E-state index contributed by atoms with van der Waals surface area (Å²) in [5.74, 6) is 0.150. The van der Waals surface area contributed by atoms with Gasteiger partial charge >= 0.3 is 5.97 Å². The number of carbonyl (C=O) groups is 1. The van der Waals surface area contributed by atoms with Gasteiger partial charge in [0, 0.05) is 25.6 Å². The van der Waals surface area contributed by atoms with E-state index in [1.807, 2.05) is 0 Å². The molecule has 4 unspecified atom stereocenters. The van der Waals surface area contributed by atoms with Crippen LogP contribution in [0.2, 0.25) is 0 Å². The molecule has 2 aliphatic rings. The number of hydrogen-bond acceptors (Lipinski definition) is 3. The monoisotopic (exact) mass is 297 g/mol. The number of piperidine rings is 1. The van der Waals surface area contributed by atoms with E-state index in [-0.39, 0.29) is 11.5 Å². The van der Waals surface area contributed by atoms with E-state index in [0.29, 0.717) is 18.4 Å². The molecule has 2 aliphatic heterocycles. The minimum absolute atomic E-state index is 0.0303. The second kappa shape index (κ2) is 7.10. The van der Waals surface area contributed by atoms with Gasteiger partial charge in [0.05, 0.1) is 5.60 Å². The summed E-state index contributed by atoms with van der Waals surface area (Å²) in [7, 11) is 0. The first kappa shape index (κ1) is 16.8. The highest BCUT2D eigenvalue weighted by Crippen LogP contribution is 2.34. The van der Waals surface area contributed by atoms with E-state index in [9.17, 15) is 4.79 Å². The van der Waals surface area contributed by atoms with Crippen LogP contribution in [0, 0.1) is 11.8 Å². The average molecular weight is 297 g/mol. The minimum atomic E-state index is -0.663. The molecule has 0 aliphatic carbocycles. The molecule has 0 bridgehead atoms. The lowest BCUT2D eigenvalue weighted by atomic mass is 9.82. The molecule has 0 saturated carbocycles. The standard InChI is InChI=1S/C17H31NO3/c1-4-17(3)11-15(7-9-21-17)18-8-5-6-14(12-18)13(2)10-16(19)20/h13-15H,4-12H2,1-3H3,(H,19,20). The van der Waals surface area contributed by atoms with Gasteiger partial charge in [0.2, 0.25) is 0 Å². The maximum Gasteiger partial charge on any atom is 0.303 e. The van der Waals surface area contributed by atoms with E-state index >= 15 is 0 Å². The predicted octanol–water partition coefficient (Wildman–Crippen LogP) is 3.16. The van der Waals surface area contributed by atoms with Gasteiger partial charge in [0.25, 0.3) is 0 Å². The molecule has 0 aromatic rings. The molecular formula is C17H31NO3. The summed E-state index contributed by atoms with van der Waals surface area (Å²) in [6, 6.07) is 0.614. The van der Waals surface area contributed by atoms with Crippen LogP contribution in [0.5, 0.6) is 0 Å². The maximum atomic E-state index is 10.9. The molecule has 0 amide bonds. The fraction of sp³-hybridized carbons (Fsp3) is 0.941. The quantitative estimate of drug-likeness (QED) is 0.847. The van der Waals surface area contributed by atoms with Crippen molar-refractivity contribution in [2.24, 2.45) is 11.8 Å².